The Morgan fingerprint density at radius 1 is 1.20 bits per heavy atom. The number of aryl methyl sites for hydroxylation is 1. The number of carbonyl (C=O) groups is 1. The van der Waals surface area contributed by atoms with Gasteiger partial charge in [0.1, 0.15) is 0 Å². The van der Waals surface area contributed by atoms with Crippen LogP contribution >= 0.6 is 11.6 Å². The third kappa shape index (κ3) is 6.80. The molecule has 0 heterocycles. The molecule has 0 bridgehead atoms. The summed E-state index contributed by atoms with van der Waals surface area (Å²) in [6.45, 7) is 4.09. The first-order valence-corrected chi connectivity index (χ1v) is 7.91. The molecule has 0 aliphatic rings. The van der Waals surface area contributed by atoms with Crippen molar-refractivity contribution in [1.29, 1.82) is 0 Å². The molecule has 0 aliphatic carbocycles. The molecular formula is C16H25ClN2O. The molecule has 0 aromatic heterocycles. The Morgan fingerprint density at radius 3 is 2.50 bits per heavy atom. The SMILES string of the molecule is CCCCCCc1ccc(NC(=O)N[C@@H](C)CCl)cc1. The number of halogens is 1. The number of hydrogen-bond acceptors (Lipinski definition) is 1. The Morgan fingerprint density at radius 2 is 1.90 bits per heavy atom. The highest BCUT2D eigenvalue weighted by Gasteiger charge is 2.05. The lowest BCUT2D eigenvalue weighted by Gasteiger charge is -2.12. The van der Waals surface area contributed by atoms with Crippen LogP contribution in [0.2, 0.25) is 0 Å². The quantitative estimate of drug-likeness (QED) is 0.536. The van der Waals surface area contributed by atoms with Crippen molar-refractivity contribution in [2.75, 3.05) is 11.2 Å². The van der Waals surface area contributed by atoms with Gasteiger partial charge in [-0.05, 0) is 37.5 Å². The van der Waals surface area contributed by atoms with Crippen LogP contribution in [0, 0.1) is 0 Å². The van der Waals surface area contributed by atoms with E-state index in [1.54, 1.807) is 0 Å². The third-order valence-electron chi connectivity index (χ3n) is 3.14. The second-order valence-electron chi connectivity index (χ2n) is 5.16. The number of anilines is 1. The van der Waals surface area contributed by atoms with Crippen LogP contribution in [0.25, 0.3) is 0 Å². The summed E-state index contributed by atoms with van der Waals surface area (Å²) in [6, 6.07) is 7.79. The van der Waals surface area contributed by atoms with Gasteiger partial charge in [-0.25, -0.2) is 4.79 Å². The second-order valence-corrected chi connectivity index (χ2v) is 5.47. The van der Waals surface area contributed by atoms with E-state index in [9.17, 15) is 4.79 Å². The fourth-order valence-corrected chi connectivity index (χ4v) is 2.02. The number of rotatable bonds is 8. The molecule has 2 N–H and O–H groups in total. The van der Waals surface area contributed by atoms with Crippen molar-refractivity contribution >= 4 is 23.3 Å². The van der Waals surface area contributed by atoms with Gasteiger partial charge < -0.3 is 10.6 Å². The molecule has 1 aromatic carbocycles. The Labute approximate surface area is 127 Å². The van der Waals surface area contributed by atoms with Crippen LogP contribution < -0.4 is 10.6 Å². The number of benzene rings is 1. The van der Waals surface area contributed by atoms with Crippen LogP contribution in [0.15, 0.2) is 24.3 Å². The molecular weight excluding hydrogens is 272 g/mol. The predicted octanol–water partition coefficient (Wildman–Crippen LogP) is 4.56. The molecule has 0 fully saturated rings. The molecule has 4 heteroatoms. The van der Waals surface area contributed by atoms with Crippen LogP contribution in [0.1, 0.15) is 45.1 Å². The van der Waals surface area contributed by atoms with E-state index in [0.717, 1.165) is 12.1 Å². The summed E-state index contributed by atoms with van der Waals surface area (Å²) in [5, 5.41) is 5.56. The van der Waals surface area contributed by atoms with Gasteiger partial charge in [0, 0.05) is 17.6 Å². The fourth-order valence-electron chi connectivity index (χ4n) is 1.94. The largest absolute Gasteiger partial charge is 0.334 e. The Hall–Kier alpha value is -1.22. The molecule has 20 heavy (non-hydrogen) atoms. The topological polar surface area (TPSA) is 41.1 Å². The van der Waals surface area contributed by atoms with Gasteiger partial charge in [-0.2, -0.15) is 0 Å². The van der Waals surface area contributed by atoms with Gasteiger partial charge in [-0.15, -0.1) is 11.6 Å². The van der Waals surface area contributed by atoms with Gasteiger partial charge in [0.15, 0.2) is 0 Å². The minimum atomic E-state index is -0.214. The third-order valence-corrected chi connectivity index (χ3v) is 3.60. The Balaban J connectivity index is 2.36. The molecule has 1 aromatic rings. The lowest BCUT2D eigenvalue weighted by atomic mass is 10.1. The van der Waals surface area contributed by atoms with Crippen molar-refractivity contribution < 1.29 is 4.79 Å². The maximum atomic E-state index is 11.6. The lowest BCUT2D eigenvalue weighted by molar-refractivity contribution is 0.250. The minimum Gasteiger partial charge on any atom is -0.334 e. The highest BCUT2D eigenvalue weighted by molar-refractivity contribution is 6.18. The van der Waals surface area contributed by atoms with E-state index in [1.165, 1.54) is 31.2 Å². The average molecular weight is 297 g/mol. The molecule has 0 radical (unpaired) electrons. The summed E-state index contributed by atoms with van der Waals surface area (Å²) in [7, 11) is 0. The monoisotopic (exact) mass is 296 g/mol. The van der Waals surface area contributed by atoms with Crippen molar-refractivity contribution in [3.05, 3.63) is 29.8 Å². The highest BCUT2D eigenvalue weighted by atomic mass is 35.5. The van der Waals surface area contributed by atoms with Crippen molar-refractivity contribution in [3.8, 4) is 0 Å². The van der Waals surface area contributed by atoms with E-state index in [1.807, 2.05) is 19.1 Å². The molecule has 0 unspecified atom stereocenters. The first-order chi connectivity index (χ1) is 9.65. The summed E-state index contributed by atoms with van der Waals surface area (Å²) < 4.78 is 0. The first kappa shape index (κ1) is 16.8. The van der Waals surface area contributed by atoms with E-state index in [-0.39, 0.29) is 12.1 Å². The molecule has 112 valence electrons. The van der Waals surface area contributed by atoms with Gasteiger partial charge >= 0.3 is 6.03 Å². The van der Waals surface area contributed by atoms with E-state index in [2.05, 4.69) is 29.7 Å². The zero-order valence-electron chi connectivity index (χ0n) is 12.4. The van der Waals surface area contributed by atoms with Crippen LogP contribution in [-0.2, 0) is 6.42 Å². The number of nitrogens with one attached hydrogen (secondary N) is 2. The van der Waals surface area contributed by atoms with Crippen molar-refractivity contribution in [3.63, 3.8) is 0 Å². The van der Waals surface area contributed by atoms with Crippen molar-refractivity contribution in [2.45, 2.75) is 52.0 Å². The van der Waals surface area contributed by atoms with Crippen molar-refractivity contribution in [1.82, 2.24) is 5.32 Å². The van der Waals surface area contributed by atoms with Crippen LogP contribution in [0.4, 0.5) is 10.5 Å². The summed E-state index contributed by atoms with van der Waals surface area (Å²) in [4.78, 5) is 11.6. The maximum absolute atomic E-state index is 11.6. The molecule has 2 amide bonds. The zero-order chi connectivity index (χ0) is 14.8. The van der Waals surface area contributed by atoms with Crippen molar-refractivity contribution in [2.24, 2.45) is 0 Å². The summed E-state index contributed by atoms with van der Waals surface area (Å²) in [6.07, 6.45) is 6.19. The van der Waals surface area contributed by atoms with E-state index >= 15 is 0 Å². The van der Waals surface area contributed by atoms with Crippen LogP contribution in [0.5, 0.6) is 0 Å². The predicted molar refractivity (Wildman–Crippen MR) is 86.6 cm³/mol. The molecule has 0 saturated carbocycles. The molecule has 1 rings (SSSR count). The summed E-state index contributed by atoms with van der Waals surface area (Å²) >= 11 is 5.65. The Kier molecular flexibility index (Phi) is 8.12. The lowest BCUT2D eigenvalue weighted by Crippen LogP contribution is -2.37. The first-order valence-electron chi connectivity index (χ1n) is 7.38. The summed E-state index contributed by atoms with van der Waals surface area (Å²) in [5.74, 6) is 0.407. The number of alkyl halides is 1. The van der Waals surface area contributed by atoms with Gasteiger partial charge in [-0.3, -0.25) is 0 Å². The van der Waals surface area contributed by atoms with Gasteiger partial charge in [0.25, 0.3) is 0 Å². The van der Waals surface area contributed by atoms with E-state index < -0.39 is 0 Å². The average Bonchev–Trinajstić information content (AvgIpc) is 2.45. The number of hydrogen-bond donors (Lipinski definition) is 2. The molecule has 0 saturated heterocycles. The normalized spacial score (nSPS) is 11.9. The number of carbonyl (C=O) groups excluding carboxylic acids is 1. The Bertz CT molecular complexity index is 392. The van der Waals surface area contributed by atoms with Gasteiger partial charge in [0.2, 0.25) is 0 Å². The van der Waals surface area contributed by atoms with Crippen LogP contribution in [0.3, 0.4) is 0 Å². The maximum Gasteiger partial charge on any atom is 0.319 e. The molecule has 0 aliphatic heterocycles. The van der Waals surface area contributed by atoms with Gasteiger partial charge in [0.05, 0.1) is 0 Å². The van der Waals surface area contributed by atoms with Crippen LogP contribution in [-0.4, -0.2) is 18.0 Å². The summed E-state index contributed by atoms with van der Waals surface area (Å²) in [5.41, 5.74) is 2.13. The molecule has 0 spiro atoms. The van der Waals surface area contributed by atoms with E-state index in [4.69, 9.17) is 11.6 Å². The van der Waals surface area contributed by atoms with Gasteiger partial charge in [-0.1, -0.05) is 38.3 Å². The number of amides is 2. The second kappa shape index (κ2) is 9.65. The van der Waals surface area contributed by atoms with E-state index in [0.29, 0.717) is 5.88 Å². The zero-order valence-corrected chi connectivity index (χ0v) is 13.2. The number of unbranched alkanes of at least 4 members (excludes halogenated alkanes) is 3. The number of urea groups is 1. The highest BCUT2D eigenvalue weighted by Crippen LogP contribution is 2.12. The molecule has 1 atom stereocenters. The fraction of sp³-hybridized carbons (Fsp3) is 0.562. The molecule has 3 nitrogen and oxygen atoms in total. The minimum absolute atomic E-state index is 0.0329. The standard InChI is InChI=1S/C16H25ClN2O/c1-3-4-5-6-7-14-8-10-15(11-9-14)19-16(20)18-13(2)12-17/h8-11,13H,3-7,12H2,1-2H3,(H2,18,19,20)/t13-/m0/s1. The smallest absolute Gasteiger partial charge is 0.319 e.